The molecule has 0 fully saturated rings. The summed E-state index contributed by atoms with van der Waals surface area (Å²) < 4.78 is 5.54. The molecule has 152 valence electrons. The molecule has 8 heteroatoms. The molecule has 3 rings (SSSR count). The van der Waals surface area contributed by atoms with Gasteiger partial charge in [0.25, 0.3) is 0 Å². The van der Waals surface area contributed by atoms with Crippen molar-refractivity contribution in [3.63, 3.8) is 0 Å². The average Bonchev–Trinajstić information content (AvgIpc) is 2.70. The van der Waals surface area contributed by atoms with Gasteiger partial charge in [-0.1, -0.05) is 35.3 Å². The van der Waals surface area contributed by atoms with E-state index in [2.05, 4.69) is 0 Å². The summed E-state index contributed by atoms with van der Waals surface area (Å²) in [5, 5.41) is 39.4. The molecule has 0 unspecified atom stereocenters. The monoisotopic (exact) mass is 436 g/mol. The van der Waals surface area contributed by atoms with E-state index in [1.54, 1.807) is 6.07 Å². The van der Waals surface area contributed by atoms with Crippen LogP contribution in [0.2, 0.25) is 10.0 Å². The van der Waals surface area contributed by atoms with E-state index in [0.29, 0.717) is 23.1 Å². The second kappa shape index (κ2) is 8.68. The van der Waals surface area contributed by atoms with Gasteiger partial charge in [0.05, 0.1) is 16.7 Å². The number of carboxylic acid groups (broad SMARTS) is 1. The van der Waals surface area contributed by atoms with E-state index in [1.807, 2.05) is 12.1 Å². The van der Waals surface area contributed by atoms with Gasteiger partial charge in [-0.3, -0.25) is 0 Å². The molecule has 4 N–H and O–H groups in total. The average molecular weight is 437 g/mol. The molecule has 0 aliphatic carbocycles. The van der Waals surface area contributed by atoms with Crippen LogP contribution >= 0.6 is 23.2 Å². The van der Waals surface area contributed by atoms with Gasteiger partial charge in [-0.25, -0.2) is 4.79 Å². The molecule has 29 heavy (non-hydrogen) atoms. The summed E-state index contributed by atoms with van der Waals surface area (Å²) in [6.45, 7) is 0.403. The van der Waals surface area contributed by atoms with Crippen molar-refractivity contribution in [2.24, 2.45) is 0 Å². The van der Waals surface area contributed by atoms with E-state index in [9.17, 15) is 20.1 Å². The standard InChI is InChI=1S/C21H18Cl2O6/c22-17-13-6-4-11(9-15(13)18(23)20(26)19(17)25)3-1-2-8-29-12-5-7-14(21(27)28)16(24)10-12/h4-7,9-10,24-26H,1-3,8H2,(H,27,28). The first-order valence-corrected chi connectivity index (χ1v) is 9.55. The Balaban J connectivity index is 1.58. The molecule has 0 amide bonds. The Morgan fingerprint density at radius 3 is 2.24 bits per heavy atom. The Bertz CT molecular complexity index is 1080. The number of carbonyl (C=O) groups is 1. The van der Waals surface area contributed by atoms with Crippen molar-refractivity contribution >= 4 is 39.9 Å². The quantitative estimate of drug-likeness (QED) is 0.293. The zero-order valence-corrected chi connectivity index (χ0v) is 16.7. The molecule has 0 heterocycles. The van der Waals surface area contributed by atoms with Crippen LogP contribution in [0, 0.1) is 0 Å². The van der Waals surface area contributed by atoms with E-state index in [4.69, 9.17) is 33.0 Å². The van der Waals surface area contributed by atoms with E-state index in [0.717, 1.165) is 24.8 Å². The lowest BCUT2D eigenvalue weighted by Gasteiger charge is -2.11. The van der Waals surface area contributed by atoms with Gasteiger partial charge >= 0.3 is 5.97 Å². The highest BCUT2D eigenvalue weighted by Crippen LogP contribution is 2.45. The Morgan fingerprint density at radius 2 is 1.59 bits per heavy atom. The highest BCUT2D eigenvalue weighted by atomic mass is 35.5. The number of halogens is 2. The minimum absolute atomic E-state index is 0.0525. The van der Waals surface area contributed by atoms with Crippen molar-refractivity contribution in [2.45, 2.75) is 19.3 Å². The molecule has 0 aromatic heterocycles. The first kappa shape index (κ1) is 20.9. The highest BCUT2D eigenvalue weighted by molar-refractivity contribution is 6.42. The Morgan fingerprint density at radius 1 is 0.897 bits per heavy atom. The normalized spacial score (nSPS) is 11.0. The third-order valence-corrected chi connectivity index (χ3v) is 5.29. The summed E-state index contributed by atoms with van der Waals surface area (Å²) in [5.74, 6) is -2.01. The first-order valence-electron chi connectivity index (χ1n) is 8.80. The number of benzene rings is 3. The van der Waals surface area contributed by atoms with Gasteiger partial charge in [-0.2, -0.15) is 0 Å². The molecule has 0 atom stereocenters. The van der Waals surface area contributed by atoms with Crippen LogP contribution in [0.25, 0.3) is 10.8 Å². The van der Waals surface area contributed by atoms with Crippen LogP contribution in [0.4, 0.5) is 0 Å². The zero-order valence-electron chi connectivity index (χ0n) is 15.2. The number of hydrogen-bond donors (Lipinski definition) is 4. The molecular weight excluding hydrogens is 419 g/mol. The maximum Gasteiger partial charge on any atom is 0.339 e. The number of ether oxygens (including phenoxy) is 1. The predicted octanol–water partition coefficient (Wildman–Crippen LogP) is 5.36. The van der Waals surface area contributed by atoms with E-state index in [1.165, 1.54) is 18.2 Å². The molecule has 0 saturated heterocycles. The first-order chi connectivity index (χ1) is 13.8. The van der Waals surface area contributed by atoms with Crippen molar-refractivity contribution in [3.8, 4) is 23.0 Å². The summed E-state index contributed by atoms with van der Waals surface area (Å²) in [4.78, 5) is 10.9. The zero-order chi connectivity index (χ0) is 21.1. The molecule has 0 aliphatic rings. The van der Waals surface area contributed by atoms with Crippen LogP contribution in [0.5, 0.6) is 23.0 Å². The SMILES string of the molecule is O=C(O)c1ccc(OCCCCc2ccc3c(Cl)c(O)c(O)c(Cl)c3c2)cc1O. The molecule has 3 aromatic rings. The number of fused-ring (bicyclic) bond motifs is 1. The molecule has 0 saturated carbocycles. The topological polar surface area (TPSA) is 107 Å². The smallest absolute Gasteiger partial charge is 0.339 e. The highest BCUT2D eigenvalue weighted by Gasteiger charge is 2.16. The lowest BCUT2D eigenvalue weighted by molar-refractivity contribution is 0.0693. The van der Waals surface area contributed by atoms with Crippen LogP contribution < -0.4 is 4.74 Å². The second-order valence-corrected chi connectivity index (χ2v) is 7.25. The van der Waals surface area contributed by atoms with Crippen molar-refractivity contribution in [1.29, 1.82) is 0 Å². The van der Waals surface area contributed by atoms with Gasteiger partial charge in [0, 0.05) is 16.8 Å². The molecule has 6 nitrogen and oxygen atoms in total. The Hall–Kier alpha value is -2.83. The number of phenols is 3. The van der Waals surface area contributed by atoms with E-state index in [-0.39, 0.29) is 21.4 Å². The number of carboxylic acids is 1. The maximum absolute atomic E-state index is 10.9. The number of aromatic carboxylic acids is 1. The third kappa shape index (κ3) is 4.44. The number of aryl methyl sites for hydroxylation is 1. The van der Waals surface area contributed by atoms with Crippen LogP contribution in [0.3, 0.4) is 0 Å². The van der Waals surface area contributed by atoms with Crippen molar-refractivity contribution in [3.05, 3.63) is 57.6 Å². The molecule has 0 radical (unpaired) electrons. The molecular formula is C21H18Cl2O6. The van der Waals surface area contributed by atoms with Crippen LogP contribution in [-0.2, 0) is 6.42 Å². The summed E-state index contributed by atoms with van der Waals surface area (Å²) >= 11 is 12.2. The third-order valence-electron chi connectivity index (χ3n) is 4.53. The van der Waals surface area contributed by atoms with E-state index < -0.39 is 17.5 Å². The minimum Gasteiger partial charge on any atom is -0.507 e. The van der Waals surface area contributed by atoms with Gasteiger partial charge in [-0.15, -0.1) is 0 Å². The Labute approximate surface area is 176 Å². The van der Waals surface area contributed by atoms with Gasteiger partial charge in [-0.05, 0) is 43.0 Å². The fourth-order valence-corrected chi connectivity index (χ4v) is 3.49. The predicted molar refractivity (Wildman–Crippen MR) is 111 cm³/mol. The fraction of sp³-hybridized carbons (Fsp3) is 0.190. The number of unbranched alkanes of at least 4 members (excludes halogenated alkanes) is 1. The number of aromatic hydroxyl groups is 3. The fourth-order valence-electron chi connectivity index (χ4n) is 2.99. The van der Waals surface area contributed by atoms with Crippen molar-refractivity contribution < 1.29 is 30.0 Å². The van der Waals surface area contributed by atoms with E-state index >= 15 is 0 Å². The van der Waals surface area contributed by atoms with Crippen molar-refractivity contribution in [2.75, 3.05) is 6.61 Å². The number of phenolic OH excluding ortho intramolecular Hbond substituents is 2. The minimum atomic E-state index is -1.20. The van der Waals surface area contributed by atoms with Crippen LogP contribution in [0.1, 0.15) is 28.8 Å². The van der Waals surface area contributed by atoms with Crippen molar-refractivity contribution in [1.82, 2.24) is 0 Å². The summed E-state index contributed by atoms with van der Waals surface area (Å²) in [6.07, 6.45) is 2.27. The van der Waals surface area contributed by atoms with Gasteiger partial charge < -0.3 is 25.2 Å². The van der Waals surface area contributed by atoms with Gasteiger partial charge in [0.1, 0.15) is 17.1 Å². The lowest BCUT2D eigenvalue weighted by Crippen LogP contribution is -2.00. The summed E-state index contributed by atoms with van der Waals surface area (Å²) in [7, 11) is 0. The summed E-state index contributed by atoms with van der Waals surface area (Å²) in [6, 6.07) is 9.53. The molecule has 0 bridgehead atoms. The molecule has 3 aromatic carbocycles. The maximum atomic E-state index is 10.9. The second-order valence-electron chi connectivity index (χ2n) is 6.49. The number of hydrogen-bond acceptors (Lipinski definition) is 5. The molecule has 0 spiro atoms. The lowest BCUT2D eigenvalue weighted by atomic mass is 10.0. The molecule has 0 aliphatic heterocycles. The van der Waals surface area contributed by atoms with Gasteiger partial charge in [0.2, 0.25) is 0 Å². The number of rotatable bonds is 7. The van der Waals surface area contributed by atoms with Crippen LogP contribution in [0.15, 0.2) is 36.4 Å². The van der Waals surface area contributed by atoms with Crippen LogP contribution in [-0.4, -0.2) is 33.0 Å². The summed E-state index contributed by atoms with van der Waals surface area (Å²) in [5.41, 5.74) is 0.816. The largest absolute Gasteiger partial charge is 0.507 e. The van der Waals surface area contributed by atoms with Gasteiger partial charge in [0.15, 0.2) is 11.5 Å². The Kier molecular flexibility index (Phi) is 6.25.